The quantitative estimate of drug-likeness (QED) is 0.536. The highest BCUT2D eigenvalue weighted by Gasteiger charge is 2.05. The van der Waals surface area contributed by atoms with E-state index in [9.17, 15) is 0 Å². The van der Waals surface area contributed by atoms with E-state index in [2.05, 4.69) is 46.5 Å². The summed E-state index contributed by atoms with van der Waals surface area (Å²) in [4.78, 5) is 3.31. The van der Waals surface area contributed by atoms with E-state index in [0.717, 1.165) is 5.52 Å². The second-order valence-electron chi connectivity index (χ2n) is 4.36. The van der Waals surface area contributed by atoms with Gasteiger partial charge < -0.3 is 4.98 Å². The van der Waals surface area contributed by atoms with Crippen LogP contribution in [0.2, 0.25) is 0 Å². The summed E-state index contributed by atoms with van der Waals surface area (Å²) < 4.78 is 1.87. The van der Waals surface area contributed by atoms with Crippen LogP contribution in [-0.4, -0.2) is 14.6 Å². The number of aromatic amines is 1. The molecule has 0 atom stereocenters. The van der Waals surface area contributed by atoms with E-state index in [0.29, 0.717) is 0 Å². The second-order valence-corrected chi connectivity index (χ2v) is 4.36. The zero-order chi connectivity index (χ0) is 11.9. The van der Waals surface area contributed by atoms with E-state index in [1.807, 2.05) is 29.2 Å². The van der Waals surface area contributed by atoms with E-state index >= 15 is 0 Å². The van der Waals surface area contributed by atoms with Crippen LogP contribution in [0.4, 0.5) is 0 Å². The van der Waals surface area contributed by atoms with Crippen molar-refractivity contribution < 1.29 is 0 Å². The van der Waals surface area contributed by atoms with Gasteiger partial charge in [0.15, 0.2) is 0 Å². The number of H-pyrrole nitrogens is 1. The monoisotopic (exact) mass is 233 g/mol. The van der Waals surface area contributed by atoms with Gasteiger partial charge in [0.2, 0.25) is 0 Å². The van der Waals surface area contributed by atoms with Gasteiger partial charge in [0, 0.05) is 24.2 Å². The zero-order valence-electron chi connectivity index (χ0n) is 9.67. The van der Waals surface area contributed by atoms with Crippen molar-refractivity contribution >= 4 is 16.4 Å². The van der Waals surface area contributed by atoms with Crippen LogP contribution < -0.4 is 0 Å². The van der Waals surface area contributed by atoms with E-state index in [-0.39, 0.29) is 0 Å². The van der Waals surface area contributed by atoms with Gasteiger partial charge in [0.1, 0.15) is 0 Å². The lowest BCUT2D eigenvalue weighted by Gasteiger charge is -2.04. The highest BCUT2D eigenvalue weighted by atomic mass is 15.2. The molecule has 0 unspecified atom stereocenters. The van der Waals surface area contributed by atoms with Gasteiger partial charge in [-0.2, -0.15) is 5.10 Å². The van der Waals surface area contributed by atoms with E-state index < -0.39 is 0 Å². The van der Waals surface area contributed by atoms with Crippen LogP contribution in [0.5, 0.6) is 0 Å². The van der Waals surface area contributed by atoms with Crippen LogP contribution in [0.25, 0.3) is 27.5 Å². The number of pyridine rings is 1. The van der Waals surface area contributed by atoms with Crippen LogP contribution in [0.3, 0.4) is 0 Å². The molecule has 0 saturated carbocycles. The Labute approximate surface area is 104 Å². The minimum absolute atomic E-state index is 1.11. The molecule has 0 aliphatic carbocycles. The third-order valence-electron chi connectivity index (χ3n) is 3.30. The number of hydrogen-bond acceptors (Lipinski definition) is 1. The minimum Gasteiger partial charge on any atom is -0.361 e. The molecule has 4 rings (SSSR count). The minimum atomic E-state index is 1.11. The number of para-hydroxylation sites is 1. The average molecular weight is 233 g/mol. The Kier molecular flexibility index (Phi) is 1.83. The molecule has 0 aliphatic rings. The van der Waals surface area contributed by atoms with Gasteiger partial charge in [-0.05, 0) is 35.2 Å². The lowest BCUT2D eigenvalue weighted by molar-refractivity contribution is 0.962. The van der Waals surface area contributed by atoms with E-state index in [1.54, 1.807) is 0 Å². The number of benzene rings is 1. The Morgan fingerprint density at radius 2 is 2.06 bits per heavy atom. The molecule has 0 amide bonds. The van der Waals surface area contributed by atoms with Crippen LogP contribution >= 0.6 is 0 Å². The van der Waals surface area contributed by atoms with Crippen LogP contribution in [-0.2, 0) is 0 Å². The molecular weight excluding hydrogens is 222 g/mol. The molecule has 0 saturated heterocycles. The van der Waals surface area contributed by atoms with E-state index in [1.165, 1.54) is 22.0 Å². The molecule has 86 valence electrons. The Morgan fingerprint density at radius 1 is 1.06 bits per heavy atom. The van der Waals surface area contributed by atoms with Crippen molar-refractivity contribution in [1.29, 1.82) is 0 Å². The van der Waals surface area contributed by atoms with Crippen LogP contribution in [0.1, 0.15) is 0 Å². The lowest BCUT2D eigenvalue weighted by Crippen LogP contribution is -1.87. The summed E-state index contributed by atoms with van der Waals surface area (Å²) in [6.45, 7) is 0. The number of hydrogen-bond donors (Lipinski definition) is 1. The van der Waals surface area contributed by atoms with Crippen molar-refractivity contribution in [1.82, 2.24) is 14.6 Å². The van der Waals surface area contributed by atoms with Crippen molar-refractivity contribution in [2.75, 3.05) is 0 Å². The van der Waals surface area contributed by atoms with Crippen molar-refractivity contribution in [2.45, 2.75) is 0 Å². The molecule has 0 bridgehead atoms. The molecule has 1 N–H and O–H groups in total. The fourth-order valence-electron chi connectivity index (χ4n) is 2.41. The Balaban J connectivity index is 2.03. The van der Waals surface area contributed by atoms with Crippen molar-refractivity contribution in [3.8, 4) is 11.1 Å². The maximum Gasteiger partial charge on any atom is 0.0667 e. The molecule has 1 aromatic carbocycles. The molecule has 0 aliphatic heterocycles. The summed E-state index contributed by atoms with van der Waals surface area (Å²) in [5.41, 5.74) is 4.72. The van der Waals surface area contributed by atoms with Crippen molar-refractivity contribution in [2.24, 2.45) is 0 Å². The standard InChI is InChI=1S/C15H11N3/c1-2-11-4-7-16-15(11)14(3-1)12-6-9-18-13(10-12)5-8-17-18/h1-10,16H. The van der Waals surface area contributed by atoms with Gasteiger partial charge >= 0.3 is 0 Å². The molecule has 18 heavy (non-hydrogen) atoms. The first-order valence-corrected chi connectivity index (χ1v) is 5.92. The predicted molar refractivity (Wildman–Crippen MR) is 72.5 cm³/mol. The van der Waals surface area contributed by atoms with E-state index in [4.69, 9.17) is 0 Å². The maximum atomic E-state index is 4.21. The Hall–Kier alpha value is -2.55. The molecule has 3 nitrogen and oxygen atoms in total. The maximum absolute atomic E-state index is 4.21. The number of fused-ring (bicyclic) bond motifs is 2. The molecule has 0 spiro atoms. The largest absolute Gasteiger partial charge is 0.361 e. The van der Waals surface area contributed by atoms with Crippen molar-refractivity contribution in [3.05, 3.63) is 61.1 Å². The first kappa shape index (κ1) is 9.48. The average Bonchev–Trinajstić information content (AvgIpc) is 3.05. The summed E-state index contributed by atoms with van der Waals surface area (Å²) in [6.07, 6.45) is 5.78. The first-order valence-electron chi connectivity index (χ1n) is 5.92. The molecule has 0 fully saturated rings. The van der Waals surface area contributed by atoms with Gasteiger partial charge in [0.25, 0.3) is 0 Å². The molecule has 3 aromatic heterocycles. The highest BCUT2D eigenvalue weighted by Crippen LogP contribution is 2.28. The summed E-state index contributed by atoms with van der Waals surface area (Å²) in [5.74, 6) is 0. The molecule has 3 heterocycles. The number of rotatable bonds is 1. The van der Waals surface area contributed by atoms with Gasteiger partial charge in [-0.15, -0.1) is 0 Å². The fourth-order valence-corrected chi connectivity index (χ4v) is 2.41. The summed E-state index contributed by atoms with van der Waals surface area (Å²) >= 11 is 0. The third kappa shape index (κ3) is 1.27. The topological polar surface area (TPSA) is 33.1 Å². The van der Waals surface area contributed by atoms with Crippen LogP contribution in [0.15, 0.2) is 61.1 Å². The van der Waals surface area contributed by atoms with Crippen molar-refractivity contribution in [3.63, 3.8) is 0 Å². The predicted octanol–water partition coefficient (Wildman–Crippen LogP) is 3.48. The fraction of sp³-hybridized carbons (Fsp3) is 0. The number of aromatic nitrogens is 3. The van der Waals surface area contributed by atoms with Crippen LogP contribution in [0, 0.1) is 0 Å². The summed E-state index contributed by atoms with van der Waals surface area (Å²) in [7, 11) is 0. The smallest absolute Gasteiger partial charge is 0.0667 e. The summed E-state index contributed by atoms with van der Waals surface area (Å²) in [6, 6.07) is 14.7. The molecule has 4 aromatic rings. The number of nitrogens with one attached hydrogen (secondary N) is 1. The molecule has 3 heteroatoms. The third-order valence-corrected chi connectivity index (χ3v) is 3.30. The Bertz CT molecular complexity index is 839. The van der Waals surface area contributed by atoms with Gasteiger partial charge in [-0.25, -0.2) is 4.52 Å². The molecule has 0 radical (unpaired) electrons. The highest BCUT2D eigenvalue weighted by molar-refractivity contribution is 5.94. The number of nitrogens with zero attached hydrogens (tertiary/aromatic N) is 2. The van der Waals surface area contributed by atoms with Gasteiger partial charge in [-0.1, -0.05) is 18.2 Å². The molecular formula is C15H11N3. The van der Waals surface area contributed by atoms with Gasteiger partial charge in [0.05, 0.1) is 11.0 Å². The zero-order valence-corrected chi connectivity index (χ0v) is 9.67. The van der Waals surface area contributed by atoms with Gasteiger partial charge in [-0.3, -0.25) is 0 Å². The SMILES string of the molecule is c1cc(-c2ccn3nccc3c2)c2[nH]ccc2c1. The summed E-state index contributed by atoms with van der Waals surface area (Å²) in [5, 5.41) is 5.45. The Morgan fingerprint density at radius 3 is 3.06 bits per heavy atom. The second kappa shape index (κ2) is 3.47. The lowest BCUT2D eigenvalue weighted by atomic mass is 10.0. The first-order chi connectivity index (χ1) is 8.92. The normalized spacial score (nSPS) is 11.3.